The number of rotatable bonds is 8. The van der Waals surface area contributed by atoms with Crippen molar-refractivity contribution in [3.8, 4) is 5.75 Å². The van der Waals surface area contributed by atoms with Crippen LogP contribution < -0.4 is 10.1 Å². The number of nitrogens with zero attached hydrogens (tertiary/aromatic N) is 1. The van der Waals surface area contributed by atoms with E-state index in [1.165, 1.54) is 5.56 Å². The summed E-state index contributed by atoms with van der Waals surface area (Å²) in [5.74, 6) is 0.964. The van der Waals surface area contributed by atoms with E-state index in [0.717, 1.165) is 41.6 Å². The molecule has 0 aliphatic carbocycles. The van der Waals surface area contributed by atoms with Crippen LogP contribution in [-0.2, 0) is 17.9 Å². The zero-order valence-corrected chi connectivity index (χ0v) is 13.6. The van der Waals surface area contributed by atoms with Crippen LogP contribution >= 0.6 is 11.3 Å². The third-order valence-electron chi connectivity index (χ3n) is 3.16. The van der Waals surface area contributed by atoms with Crippen LogP contribution in [0.3, 0.4) is 0 Å². The van der Waals surface area contributed by atoms with Crippen molar-refractivity contribution >= 4 is 11.3 Å². The standard InChI is InChI=1S/C16H22N2O2S/c1-12-8-14(10-17-4-6-19-3)9-13(2)16(12)20-11-15-18-5-7-21-15/h5,7-9,17H,4,6,10-11H2,1-3H3. The molecular formula is C16H22N2O2S. The van der Waals surface area contributed by atoms with Gasteiger partial charge in [0, 0.05) is 31.8 Å². The molecule has 1 aromatic carbocycles. The number of aromatic nitrogens is 1. The minimum absolute atomic E-state index is 0.533. The van der Waals surface area contributed by atoms with Crippen molar-refractivity contribution in [2.75, 3.05) is 20.3 Å². The Morgan fingerprint density at radius 3 is 2.62 bits per heavy atom. The van der Waals surface area contributed by atoms with Gasteiger partial charge in [0.15, 0.2) is 0 Å². The fourth-order valence-corrected chi connectivity index (χ4v) is 2.76. The quantitative estimate of drug-likeness (QED) is 0.761. The molecule has 0 aliphatic rings. The zero-order chi connectivity index (χ0) is 15.1. The molecule has 1 heterocycles. The number of hydrogen-bond acceptors (Lipinski definition) is 5. The Morgan fingerprint density at radius 2 is 2.00 bits per heavy atom. The van der Waals surface area contributed by atoms with E-state index in [1.807, 2.05) is 5.38 Å². The van der Waals surface area contributed by atoms with Crippen LogP contribution in [0.4, 0.5) is 0 Å². The number of aryl methyl sites for hydroxylation is 2. The van der Waals surface area contributed by atoms with Gasteiger partial charge in [0.05, 0.1) is 6.61 Å². The van der Waals surface area contributed by atoms with E-state index in [9.17, 15) is 0 Å². The number of benzene rings is 1. The maximum atomic E-state index is 5.92. The Balaban J connectivity index is 1.96. The van der Waals surface area contributed by atoms with Gasteiger partial charge in [-0.15, -0.1) is 11.3 Å². The number of thiazole rings is 1. The summed E-state index contributed by atoms with van der Waals surface area (Å²) in [5.41, 5.74) is 3.59. The lowest BCUT2D eigenvalue weighted by atomic mass is 10.1. The highest BCUT2D eigenvalue weighted by Gasteiger charge is 2.07. The molecule has 0 aliphatic heterocycles. The van der Waals surface area contributed by atoms with Crippen LogP contribution in [0.2, 0.25) is 0 Å². The fraction of sp³-hybridized carbons (Fsp3) is 0.438. The average Bonchev–Trinajstić information content (AvgIpc) is 2.96. The molecule has 4 nitrogen and oxygen atoms in total. The summed E-state index contributed by atoms with van der Waals surface area (Å²) < 4.78 is 10.9. The largest absolute Gasteiger partial charge is 0.486 e. The van der Waals surface area contributed by atoms with E-state index in [1.54, 1.807) is 24.6 Å². The second-order valence-corrected chi connectivity index (χ2v) is 5.92. The van der Waals surface area contributed by atoms with E-state index in [-0.39, 0.29) is 0 Å². The van der Waals surface area contributed by atoms with Crippen molar-refractivity contribution < 1.29 is 9.47 Å². The molecule has 2 aromatic rings. The lowest BCUT2D eigenvalue weighted by Gasteiger charge is -2.14. The smallest absolute Gasteiger partial charge is 0.140 e. The molecule has 0 unspecified atom stereocenters. The molecule has 1 aromatic heterocycles. The van der Waals surface area contributed by atoms with E-state index in [0.29, 0.717) is 6.61 Å². The monoisotopic (exact) mass is 306 g/mol. The SMILES string of the molecule is COCCNCc1cc(C)c(OCc2nccs2)c(C)c1. The average molecular weight is 306 g/mol. The summed E-state index contributed by atoms with van der Waals surface area (Å²) >= 11 is 1.61. The van der Waals surface area contributed by atoms with Crippen LogP contribution in [0.25, 0.3) is 0 Å². The van der Waals surface area contributed by atoms with E-state index >= 15 is 0 Å². The first-order valence-electron chi connectivity index (χ1n) is 7.01. The van der Waals surface area contributed by atoms with Gasteiger partial charge in [0.1, 0.15) is 17.4 Å². The minimum atomic E-state index is 0.533. The number of nitrogens with one attached hydrogen (secondary N) is 1. The third-order valence-corrected chi connectivity index (χ3v) is 3.91. The van der Waals surface area contributed by atoms with Gasteiger partial charge in [-0.3, -0.25) is 0 Å². The van der Waals surface area contributed by atoms with Crippen molar-refractivity contribution in [1.29, 1.82) is 0 Å². The molecule has 0 fully saturated rings. The highest BCUT2D eigenvalue weighted by molar-refractivity contribution is 7.09. The summed E-state index contributed by atoms with van der Waals surface area (Å²) in [4.78, 5) is 4.24. The lowest BCUT2D eigenvalue weighted by Crippen LogP contribution is -2.18. The maximum Gasteiger partial charge on any atom is 0.140 e. The van der Waals surface area contributed by atoms with Crippen molar-refractivity contribution in [1.82, 2.24) is 10.3 Å². The zero-order valence-electron chi connectivity index (χ0n) is 12.8. The molecule has 5 heteroatoms. The topological polar surface area (TPSA) is 43.4 Å². The van der Waals surface area contributed by atoms with Gasteiger partial charge < -0.3 is 14.8 Å². The normalized spacial score (nSPS) is 10.8. The summed E-state index contributed by atoms with van der Waals surface area (Å²) in [6.07, 6.45) is 1.80. The van der Waals surface area contributed by atoms with Gasteiger partial charge in [-0.1, -0.05) is 12.1 Å². The van der Waals surface area contributed by atoms with E-state index in [2.05, 4.69) is 36.3 Å². The van der Waals surface area contributed by atoms with Crippen LogP contribution in [0.1, 0.15) is 21.7 Å². The Labute approximate surface area is 130 Å². The maximum absolute atomic E-state index is 5.92. The molecule has 2 rings (SSSR count). The lowest BCUT2D eigenvalue weighted by molar-refractivity contribution is 0.199. The minimum Gasteiger partial charge on any atom is -0.486 e. The number of methoxy groups -OCH3 is 1. The molecule has 21 heavy (non-hydrogen) atoms. The van der Waals surface area contributed by atoms with Gasteiger partial charge in [0.2, 0.25) is 0 Å². The van der Waals surface area contributed by atoms with Crippen LogP contribution in [0.15, 0.2) is 23.7 Å². The number of hydrogen-bond donors (Lipinski definition) is 1. The molecule has 1 N–H and O–H groups in total. The van der Waals surface area contributed by atoms with Crippen LogP contribution in [-0.4, -0.2) is 25.2 Å². The highest BCUT2D eigenvalue weighted by Crippen LogP contribution is 2.26. The number of ether oxygens (including phenoxy) is 2. The Bertz CT molecular complexity index is 532. The van der Waals surface area contributed by atoms with Gasteiger partial charge in [-0.05, 0) is 30.5 Å². The molecule has 0 radical (unpaired) electrons. The first-order valence-corrected chi connectivity index (χ1v) is 7.89. The fourth-order valence-electron chi connectivity index (χ4n) is 2.23. The molecule has 0 saturated carbocycles. The van der Waals surface area contributed by atoms with Crippen molar-refractivity contribution in [2.24, 2.45) is 0 Å². The first-order chi connectivity index (χ1) is 10.2. The highest BCUT2D eigenvalue weighted by atomic mass is 32.1. The Kier molecular flexibility index (Phi) is 6.17. The van der Waals surface area contributed by atoms with Crippen LogP contribution in [0.5, 0.6) is 5.75 Å². The molecule has 0 bridgehead atoms. The predicted molar refractivity (Wildman–Crippen MR) is 85.9 cm³/mol. The Hall–Kier alpha value is -1.43. The molecule has 0 spiro atoms. The molecule has 0 saturated heterocycles. The third kappa shape index (κ3) is 4.81. The Morgan fingerprint density at radius 1 is 1.24 bits per heavy atom. The summed E-state index contributed by atoms with van der Waals surface area (Å²) in [6, 6.07) is 4.34. The van der Waals surface area contributed by atoms with E-state index in [4.69, 9.17) is 9.47 Å². The molecular weight excluding hydrogens is 284 g/mol. The molecule has 0 amide bonds. The van der Waals surface area contributed by atoms with Crippen molar-refractivity contribution in [2.45, 2.75) is 27.0 Å². The summed E-state index contributed by atoms with van der Waals surface area (Å²) in [5, 5.41) is 6.32. The van der Waals surface area contributed by atoms with Crippen LogP contribution in [0, 0.1) is 13.8 Å². The van der Waals surface area contributed by atoms with E-state index < -0.39 is 0 Å². The molecule has 114 valence electrons. The van der Waals surface area contributed by atoms with Gasteiger partial charge in [-0.25, -0.2) is 4.98 Å². The van der Waals surface area contributed by atoms with Gasteiger partial charge in [-0.2, -0.15) is 0 Å². The van der Waals surface area contributed by atoms with Crippen molar-refractivity contribution in [3.63, 3.8) is 0 Å². The van der Waals surface area contributed by atoms with Gasteiger partial charge in [0.25, 0.3) is 0 Å². The second kappa shape index (κ2) is 8.12. The predicted octanol–water partition coefficient (Wildman–Crippen LogP) is 3.07. The first kappa shape index (κ1) is 15.9. The summed E-state index contributed by atoms with van der Waals surface area (Å²) in [6.45, 7) is 7.14. The molecule has 0 atom stereocenters. The summed E-state index contributed by atoms with van der Waals surface area (Å²) in [7, 11) is 1.71. The van der Waals surface area contributed by atoms with Crippen molar-refractivity contribution in [3.05, 3.63) is 45.4 Å². The second-order valence-electron chi connectivity index (χ2n) is 4.94. The van der Waals surface area contributed by atoms with Gasteiger partial charge >= 0.3 is 0 Å².